The number of nitrogens with one attached hydrogen (secondary N) is 1. The predicted molar refractivity (Wildman–Crippen MR) is 85.4 cm³/mol. The molecule has 0 aliphatic carbocycles. The lowest BCUT2D eigenvalue weighted by Gasteiger charge is -2.10. The molecule has 2 heterocycles. The Hall–Kier alpha value is -2.32. The molecule has 0 fully saturated rings. The monoisotopic (exact) mass is 349 g/mol. The maximum atomic E-state index is 12.1. The summed E-state index contributed by atoms with van der Waals surface area (Å²) in [6.07, 6.45) is 1.68. The molecule has 0 saturated heterocycles. The molecule has 1 amide bonds. The Morgan fingerprint density at radius 3 is 3.00 bits per heavy atom. The van der Waals surface area contributed by atoms with Crippen LogP contribution in [0.3, 0.4) is 0 Å². The molecule has 2 aromatic heterocycles. The molecule has 7 nitrogen and oxygen atoms in total. The van der Waals surface area contributed by atoms with Crippen LogP contribution in [0.2, 0.25) is 5.02 Å². The Balaban J connectivity index is 1.78. The van der Waals surface area contributed by atoms with Gasteiger partial charge in [0.1, 0.15) is 5.76 Å². The Morgan fingerprint density at radius 2 is 2.30 bits per heavy atom. The quantitative estimate of drug-likeness (QED) is 0.762. The number of rotatable bonds is 5. The zero-order valence-corrected chi connectivity index (χ0v) is 13.6. The molecule has 0 aliphatic heterocycles. The van der Waals surface area contributed by atoms with Crippen LogP contribution in [0.15, 0.2) is 51.1 Å². The maximum Gasteiger partial charge on any atom is 0.232 e. The third-order valence-corrected chi connectivity index (χ3v) is 4.25. The topological polar surface area (TPSA) is 85.8 Å². The van der Waals surface area contributed by atoms with Gasteiger partial charge >= 0.3 is 0 Å². The highest BCUT2D eigenvalue weighted by atomic mass is 35.5. The third kappa shape index (κ3) is 3.91. The second kappa shape index (κ2) is 6.84. The van der Waals surface area contributed by atoms with Crippen molar-refractivity contribution in [3.05, 3.63) is 47.4 Å². The van der Waals surface area contributed by atoms with Crippen molar-refractivity contribution >= 4 is 35.0 Å². The van der Waals surface area contributed by atoms with E-state index in [-0.39, 0.29) is 12.3 Å². The van der Waals surface area contributed by atoms with E-state index in [9.17, 15) is 4.79 Å². The van der Waals surface area contributed by atoms with Gasteiger partial charge in [0.15, 0.2) is 0 Å². The smallest absolute Gasteiger partial charge is 0.232 e. The molecule has 0 radical (unpaired) electrons. The van der Waals surface area contributed by atoms with Gasteiger partial charge in [0.2, 0.25) is 11.1 Å². The summed E-state index contributed by atoms with van der Waals surface area (Å²) in [6.45, 7) is 0. The first-order valence-corrected chi connectivity index (χ1v) is 7.83. The number of carbonyl (C=O) groups excluding carboxylic acids is 1. The Morgan fingerprint density at radius 1 is 1.43 bits per heavy atom. The number of amides is 1. The first-order chi connectivity index (χ1) is 11.1. The fraction of sp³-hybridized carbons (Fsp3) is 0.143. The van der Waals surface area contributed by atoms with Gasteiger partial charge in [-0.15, -0.1) is 5.10 Å². The second-order valence-electron chi connectivity index (χ2n) is 4.63. The Bertz CT molecular complexity index is 818. The molecule has 23 heavy (non-hydrogen) atoms. The van der Waals surface area contributed by atoms with Crippen LogP contribution in [0.4, 0.5) is 5.69 Å². The SMILES string of the molecule is Cn1nnnc1Sc1ccc(Cl)cc1NC(=O)Cc1ccco1. The van der Waals surface area contributed by atoms with E-state index in [2.05, 4.69) is 20.8 Å². The van der Waals surface area contributed by atoms with Gasteiger partial charge in [-0.25, -0.2) is 4.68 Å². The first-order valence-electron chi connectivity index (χ1n) is 6.64. The number of nitrogens with zero attached hydrogens (tertiary/aromatic N) is 4. The number of benzene rings is 1. The number of aryl methyl sites for hydroxylation is 1. The highest BCUT2D eigenvalue weighted by molar-refractivity contribution is 7.99. The molecular formula is C14H12ClN5O2S. The van der Waals surface area contributed by atoms with Gasteiger partial charge in [0.25, 0.3) is 0 Å². The van der Waals surface area contributed by atoms with Crippen molar-refractivity contribution in [1.82, 2.24) is 20.2 Å². The van der Waals surface area contributed by atoms with Crippen molar-refractivity contribution in [3.8, 4) is 0 Å². The van der Waals surface area contributed by atoms with E-state index in [1.807, 2.05) is 6.07 Å². The molecule has 0 saturated carbocycles. The molecule has 3 aromatic rings. The average molecular weight is 350 g/mol. The van der Waals surface area contributed by atoms with Crippen LogP contribution in [-0.2, 0) is 18.3 Å². The summed E-state index contributed by atoms with van der Waals surface area (Å²) in [5.41, 5.74) is 0.599. The summed E-state index contributed by atoms with van der Waals surface area (Å²) >= 11 is 7.37. The van der Waals surface area contributed by atoms with Crippen LogP contribution in [0, 0.1) is 0 Å². The van der Waals surface area contributed by atoms with E-state index in [1.165, 1.54) is 18.0 Å². The van der Waals surface area contributed by atoms with Crippen molar-refractivity contribution in [2.24, 2.45) is 7.05 Å². The van der Waals surface area contributed by atoms with Crippen molar-refractivity contribution in [2.45, 2.75) is 16.5 Å². The Kier molecular flexibility index (Phi) is 4.63. The van der Waals surface area contributed by atoms with Crippen molar-refractivity contribution in [1.29, 1.82) is 0 Å². The molecule has 9 heteroatoms. The van der Waals surface area contributed by atoms with Crippen LogP contribution < -0.4 is 5.32 Å². The van der Waals surface area contributed by atoms with E-state index in [0.717, 1.165) is 4.90 Å². The first kappa shape index (κ1) is 15.6. The van der Waals surface area contributed by atoms with Gasteiger partial charge in [-0.1, -0.05) is 11.6 Å². The van der Waals surface area contributed by atoms with Crippen LogP contribution in [0.5, 0.6) is 0 Å². The van der Waals surface area contributed by atoms with Crippen molar-refractivity contribution < 1.29 is 9.21 Å². The number of aromatic nitrogens is 4. The molecule has 0 aliphatic rings. The lowest BCUT2D eigenvalue weighted by Crippen LogP contribution is -2.14. The normalized spacial score (nSPS) is 10.7. The molecule has 118 valence electrons. The van der Waals surface area contributed by atoms with E-state index in [4.69, 9.17) is 16.0 Å². The minimum absolute atomic E-state index is 0.148. The maximum absolute atomic E-state index is 12.1. The van der Waals surface area contributed by atoms with Crippen molar-refractivity contribution in [3.63, 3.8) is 0 Å². The predicted octanol–water partition coefficient (Wildman–Crippen LogP) is 2.79. The van der Waals surface area contributed by atoms with Gasteiger partial charge in [-0.3, -0.25) is 4.79 Å². The van der Waals surface area contributed by atoms with E-state index in [0.29, 0.717) is 21.6 Å². The minimum Gasteiger partial charge on any atom is -0.469 e. The third-order valence-electron chi connectivity index (χ3n) is 2.91. The largest absolute Gasteiger partial charge is 0.469 e. The van der Waals surface area contributed by atoms with Gasteiger partial charge in [0.05, 0.1) is 18.4 Å². The second-order valence-corrected chi connectivity index (χ2v) is 6.08. The van der Waals surface area contributed by atoms with Crippen LogP contribution >= 0.6 is 23.4 Å². The van der Waals surface area contributed by atoms with E-state index in [1.54, 1.807) is 36.0 Å². The summed E-state index contributed by atoms with van der Waals surface area (Å²) < 4.78 is 6.72. The lowest BCUT2D eigenvalue weighted by atomic mass is 10.2. The number of tetrazole rings is 1. The average Bonchev–Trinajstić information content (AvgIpc) is 3.14. The standard InChI is InChI=1S/C14H12ClN5O2S/c1-20-14(17-18-19-20)23-12-5-4-9(15)7-11(12)16-13(21)8-10-3-2-6-22-10/h2-7H,8H2,1H3,(H,16,21). The van der Waals surface area contributed by atoms with Gasteiger partial charge < -0.3 is 9.73 Å². The summed E-state index contributed by atoms with van der Waals surface area (Å²) in [4.78, 5) is 12.9. The molecule has 1 N–H and O–H groups in total. The highest BCUT2D eigenvalue weighted by Gasteiger charge is 2.13. The van der Waals surface area contributed by atoms with Gasteiger partial charge in [-0.05, 0) is 52.5 Å². The summed E-state index contributed by atoms with van der Waals surface area (Å²) in [6, 6.07) is 8.73. The number of anilines is 1. The molecule has 3 rings (SSSR count). The molecule has 0 bridgehead atoms. The molecular weight excluding hydrogens is 338 g/mol. The minimum atomic E-state index is -0.194. The van der Waals surface area contributed by atoms with E-state index >= 15 is 0 Å². The lowest BCUT2D eigenvalue weighted by molar-refractivity contribution is -0.115. The summed E-state index contributed by atoms with van der Waals surface area (Å²) in [5, 5.41) is 15.3. The van der Waals surface area contributed by atoms with Crippen LogP contribution in [-0.4, -0.2) is 26.1 Å². The van der Waals surface area contributed by atoms with Gasteiger partial charge in [0, 0.05) is 17.0 Å². The zero-order valence-electron chi connectivity index (χ0n) is 12.1. The van der Waals surface area contributed by atoms with Crippen LogP contribution in [0.25, 0.3) is 0 Å². The number of carbonyl (C=O) groups is 1. The molecule has 1 aromatic carbocycles. The zero-order chi connectivity index (χ0) is 16.2. The number of furan rings is 1. The van der Waals surface area contributed by atoms with E-state index < -0.39 is 0 Å². The highest BCUT2D eigenvalue weighted by Crippen LogP contribution is 2.33. The molecule has 0 spiro atoms. The Labute approximate surface area is 141 Å². The summed E-state index contributed by atoms with van der Waals surface area (Å²) in [7, 11) is 1.74. The number of hydrogen-bond donors (Lipinski definition) is 1. The molecule has 0 atom stereocenters. The fourth-order valence-electron chi connectivity index (χ4n) is 1.86. The summed E-state index contributed by atoms with van der Waals surface area (Å²) in [5.74, 6) is 0.399. The number of halogens is 1. The fourth-order valence-corrected chi connectivity index (χ4v) is 2.83. The van der Waals surface area contributed by atoms with Crippen LogP contribution in [0.1, 0.15) is 5.76 Å². The molecule has 0 unspecified atom stereocenters. The number of hydrogen-bond acceptors (Lipinski definition) is 6. The van der Waals surface area contributed by atoms with Crippen molar-refractivity contribution in [2.75, 3.05) is 5.32 Å². The van der Waals surface area contributed by atoms with Gasteiger partial charge in [-0.2, -0.15) is 0 Å².